The van der Waals surface area contributed by atoms with Gasteiger partial charge in [0.2, 0.25) is 0 Å². The van der Waals surface area contributed by atoms with Gasteiger partial charge < -0.3 is 4.74 Å². The highest BCUT2D eigenvalue weighted by molar-refractivity contribution is 7.81. The van der Waals surface area contributed by atoms with Crippen LogP contribution in [0.15, 0.2) is 42.2 Å². The minimum atomic E-state index is -0.584. The molecular weight excluding hydrogens is 429 g/mol. The molecule has 1 aliphatic carbocycles. The van der Waals surface area contributed by atoms with Crippen molar-refractivity contribution in [3.05, 3.63) is 59.2 Å². The van der Waals surface area contributed by atoms with E-state index in [0.29, 0.717) is 25.3 Å². The molecule has 1 aromatic carbocycles. The maximum Gasteiger partial charge on any atom is 0.327 e. The van der Waals surface area contributed by atoms with Gasteiger partial charge in [-0.05, 0) is 37.8 Å². The number of hydrogen-bond acceptors (Lipinski definition) is 6. The number of thiol groups is 1. The van der Waals surface area contributed by atoms with E-state index in [-0.39, 0.29) is 35.3 Å². The topological polar surface area (TPSA) is 64.4 Å². The molecule has 2 fully saturated rings. The van der Waals surface area contributed by atoms with Crippen molar-refractivity contribution in [3.63, 3.8) is 0 Å². The maximum absolute atomic E-state index is 14.7. The van der Waals surface area contributed by atoms with Gasteiger partial charge in [-0.2, -0.15) is 17.7 Å². The second-order valence-electron chi connectivity index (χ2n) is 8.37. The van der Waals surface area contributed by atoms with Gasteiger partial charge in [0.15, 0.2) is 5.78 Å². The van der Waals surface area contributed by atoms with Gasteiger partial charge in [0.1, 0.15) is 12.4 Å². The number of halogens is 1. The Morgan fingerprint density at radius 1 is 1.31 bits per heavy atom. The van der Waals surface area contributed by atoms with Crippen molar-refractivity contribution in [3.8, 4) is 0 Å². The lowest BCUT2D eigenvalue weighted by Crippen LogP contribution is -2.42. The van der Waals surface area contributed by atoms with E-state index in [2.05, 4.69) is 10.00 Å². The highest BCUT2D eigenvalue weighted by atomic mass is 32.1. The summed E-state index contributed by atoms with van der Waals surface area (Å²) in [6.45, 7) is 3.34. The average molecular weight is 458 g/mol. The SMILES string of the molecule is CCOC(=O)Cn1cc(C=C2CN(C(C(=O)C3CC3)c3ccccc3F)CCC2S)cn1. The molecule has 2 atom stereocenters. The molecule has 2 aromatic rings. The Labute approximate surface area is 192 Å². The van der Waals surface area contributed by atoms with Gasteiger partial charge in [0, 0.05) is 41.6 Å². The number of aromatic nitrogens is 2. The molecule has 8 heteroatoms. The van der Waals surface area contributed by atoms with E-state index >= 15 is 0 Å². The highest BCUT2D eigenvalue weighted by Gasteiger charge is 2.40. The van der Waals surface area contributed by atoms with Crippen LogP contribution >= 0.6 is 12.6 Å². The zero-order valence-corrected chi connectivity index (χ0v) is 19.0. The van der Waals surface area contributed by atoms with Crippen molar-refractivity contribution in [1.29, 1.82) is 0 Å². The monoisotopic (exact) mass is 457 g/mol. The standard InChI is InChI=1S/C24H28FN3O3S/c1-2-31-22(29)15-28-13-16(12-26-28)11-18-14-27(10-9-21(18)32)23(24(30)17-7-8-17)19-5-3-4-6-20(19)25/h3-6,11-13,17,21,23,32H,2,7-10,14-15H2,1H3. The first-order valence-corrected chi connectivity index (χ1v) is 11.6. The Morgan fingerprint density at radius 2 is 2.09 bits per heavy atom. The van der Waals surface area contributed by atoms with Crippen LogP contribution in [0.25, 0.3) is 6.08 Å². The molecule has 0 bridgehead atoms. The molecule has 0 radical (unpaired) electrons. The molecule has 4 rings (SSSR count). The van der Waals surface area contributed by atoms with Crippen LogP contribution < -0.4 is 0 Å². The number of ether oxygens (including phenoxy) is 1. The Balaban J connectivity index is 1.55. The number of esters is 1. The van der Waals surface area contributed by atoms with Crippen molar-refractivity contribution < 1.29 is 18.7 Å². The Morgan fingerprint density at radius 3 is 2.81 bits per heavy atom. The number of piperidine rings is 1. The second kappa shape index (κ2) is 10.0. The lowest BCUT2D eigenvalue weighted by Gasteiger charge is -2.37. The summed E-state index contributed by atoms with van der Waals surface area (Å²) in [4.78, 5) is 26.9. The normalized spacial score (nSPS) is 21.5. The van der Waals surface area contributed by atoms with E-state index in [1.54, 1.807) is 37.5 Å². The molecule has 6 nitrogen and oxygen atoms in total. The Bertz CT molecular complexity index is 1020. The fraction of sp³-hybridized carbons (Fsp3) is 0.458. The first kappa shape index (κ1) is 22.7. The summed E-state index contributed by atoms with van der Waals surface area (Å²) in [7, 11) is 0. The van der Waals surface area contributed by atoms with E-state index in [9.17, 15) is 14.0 Å². The zero-order chi connectivity index (χ0) is 22.7. The van der Waals surface area contributed by atoms with E-state index < -0.39 is 6.04 Å². The van der Waals surface area contributed by atoms with Crippen molar-refractivity contribution >= 4 is 30.5 Å². The number of likely N-dealkylation sites (tertiary alicyclic amines) is 1. The summed E-state index contributed by atoms with van der Waals surface area (Å²) in [5.41, 5.74) is 2.34. The van der Waals surface area contributed by atoms with Crippen molar-refractivity contribution in [2.45, 2.75) is 44.0 Å². The van der Waals surface area contributed by atoms with Gasteiger partial charge in [-0.15, -0.1) is 0 Å². The lowest BCUT2D eigenvalue weighted by atomic mass is 9.93. The molecule has 2 heterocycles. The summed E-state index contributed by atoms with van der Waals surface area (Å²) < 4.78 is 21.2. The van der Waals surface area contributed by atoms with Crippen molar-refractivity contribution in [2.24, 2.45) is 5.92 Å². The van der Waals surface area contributed by atoms with Gasteiger partial charge in [0.25, 0.3) is 0 Å². The molecule has 1 saturated heterocycles. The Kier molecular flexibility index (Phi) is 7.10. The third kappa shape index (κ3) is 5.30. The summed E-state index contributed by atoms with van der Waals surface area (Å²) in [5, 5.41) is 4.27. The van der Waals surface area contributed by atoms with E-state index in [1.807, 2.05) is 6.08 Å². The number of hydrogen-bond donors (Lipinski definition) is 1. The molecule has 0 spiro atoms. The fourth-order valence-electron chi connectivity index (χ4n) is 4.17. The van der Waals surface area contributed by atoms with Gasteiger partial charge >= 0.3 is 5.97 Å². The molecule has 0 N–H and O–H groups in total. The first-order valence-electron chi connectivity index (χ1n) is 11.0. The molecule has 2 aliphatic rings. The van der Waals surface area contributed by atoms with Gasteiger partial charge in [-0.3, -0.25) is 19.2 Å². The maximum atomic E-state index is 14.7. The largest absolute Gasteiger partial charge is 0.465 e. The lowest BCUT2D eigenvalue weighted by molar-refractivity contribution is -0.144. The van der Waals surface area contributed by atoms with E-state index in [4.69, 9.17) is 17.4 Å². The van der Waals surface area contributed by atoms with E-state index in [0.717, 1.165) is 30.4 Å². The van der Waals surface area contributed by atoms with Crippen LogP contribution in [-0.2, 0) is 20.9 Å². The molecule has 0 amide bonds. The van der Waals surface area contributed by atoms with Crippen LogP contribution in [0.3, 0.4) is 0 Å². The number of rotatable bonds is 8. The number of nitrogens with zero attached hydrogens (tertiary/aromatic N) is 3. The van der Waals surface area contributed by atoms with Crippen LogP contribution in [-0.4, -0.2) is 51.4 Å². The predicted molar refractivity (Wildman–Crippen MR) is 123 cm³/mol. The number of carbonyl (C=O) groups excluding carboxylic acids is 2. The molecule has 1 saturated carbocycles. The zero-order valence-electron chi connectivity index (χ0n) is 18.1. The van der Waals surface area contributed by atoms with Gasteiger partial charge in [-0.1, -0.05) is 24.3 Å². The quantitative estimate of drug-likeness (QED) is 0.484. The number of ketones is 1. The van der Waals surface area contributed by atoms with Crippen molar-refractivity contribution in [1.82, 2.24) is 14.7 Å². The average Bonchev–Trinajstić information content (AvgIpc) is 3.53. The summed E-state index contributed by atoms with van der Waals surface area (Å²) in [5.74, 6) is -0.543. The molecule has 170 valence electrons. The van der Waals surface area contributed by atoms with Crippen LogP contribution in [0, 0.1) is 11.7 Å². The molecule has 1 aromatic heterocycles. The smallest absolute Gasteiger partial charge is 0.327 e. The van der Waals surface area contributed by atoms with Gasteiger partial charge in [0.05, 0.1) is 18.8 Å². The third-order valence-electron chi connectivity index (χ3n) is 5.92. The van der Waals surface area contributed by atoms with Crippen LogP contribution in [0.5, 0.6) is 0 Å². The van der Waals surface area contributed by atoms with Gasteiger partial charge in [-0.25, -0.2) is 4.39 Å². The van der Waals surface area contributed by atoms with Crippen LogP contribution in [0.1, 0.15) is 43.4 Å². The number of carbonyl (C=O) groups is 2. The summed E-state index contributed by atoms with van der Waals surface area (Å²) >= 11 is 4.74. The molecule has 1 aliphatic heterocycles. The molecule has 32 heavy (non-hydrogen) atoms. The minimum Gasteiger partial charge on any atom is -0.465 e. The number of benzene rings is 1. The number of Topliss-reactive ketones (excluding diaryl/α,β-unsaturated/α-hetero) is 1. The minimum absolute atomic E-state index is 0.0295. The summed E-state index contributed by atoms with van der Waals surface area (Å²) in [6, 6.07) is 5.99. The highest BCUT2D eigenvalue weighted by Crippen LogP contribution is 2.39. The van der Waals surface area contributed by atoms with Crippen LogP contribution in [0.2, 0.25) is 0 Å². The van der Waals surface area contributed by atoms with E-state index in [1.165, 1.54) is 10.7 Å². The molecule has 2 unspecified atom stereocenters. The Hall–Kier alpha value is -2.45. The predicted octanol–water partition coefficient (Wildman–Crippen LogP) is 3.69. The molecular formula is C24H28FN3O3S. The third-order valence-corrected chi connectivity index (χ3v) is 6.51. The second-order valence-corrected chi connectivity index (χ2v) is 8.99. The fourth-order valence-corrected chi connectivity index (χ4v) is 4.44. The summed E-state index contributed by atoms with van der Waals surface area (Å²) in [6.07, 6.45) is 8.00. The van der Waals surface area contributed by atoms with Crippen molar-refractivity contribution in [2.75, 3.05) is 19.7 Å². The first-order chi connectivity index (χ1) is 15.5. The van der Waals surface area contributed by atoms with Crippen LogP contribution in [0.4, 0.5) is 4.39 Å².